The Labute approximate surface area is 101 Å². The lowest BCUT2D eigenvalue weighted by atomic mass is 9.84. The van der Waals surface area contributed by atoms with E-state index in [1.54, 1.807) is 32.0 Å². The van der Waals surface area contributed by atoms with Gasteiger partial charge in [-0.1, -0.05) is 12.1 Å². The van der Waals surface area contributed by atoms with E-state index in [1.165, 1.54) is 7.11 Å². The first-order valence-electron chi connectivity index (χ1n) is 5.48. The van der Waals surface area contributed by atoms with E-state index in [2.05, 4.69) is 0 Å². The zero-order valence-electron chi connectivity index (χ0n) is 10.6. The molecule has 1 aromatic carbocycles. The summed E-state index contributed by atoms with van der Waals surface area (Å²) in [5.74, 6) is 0.160. The van der Waals surface area contributed by atoms with Gasteiger partial charge < -0.3 is 14.6 Å². The molecule has 1 N–H and O–H groups in total. The summed E-state index contributed by atoms with van der Waals surface area (Å²) in [5.41, 5.74) is -0.406. The molecular formula is C13H18O4. The fraction of sp³-hybridized carbons (Fsp3) is 0.462. The third kappa shape index (κ3) is 2.52. The average Bonchev–Trinajstić information content (AvgIpc) is 2.29. The van der Waals surface area contributed by atoms with Crippen LogP contribution in [0.4, 0.5) is 0 Å². The van der Waals surface area contributed by atoms with Gasteiger partial charge in [0.05, 0.1) is 19.1 Å². The van der Waals surface area contributed by atoms with Crippen molar-refractivity contribution in [3.63, 3.8) is 0 Å². The SMILES string of the molecule is CCOc1cccc(C(C)(C)C(=O)O)c1OC. The summed E-state index contributed by atoms with van der Waals surface area (Å²) < 4.78 is 10.7. The van der Waals surface area contributed by atoms with Crippen molar-refractivity contribution in [2.45, 2.75) is 26.2 Å². The lowest BCUT2D eigenvalue weighted by molar-refractivity contribution is -0.142. The van der Waals surface area contributed by atoms with E-state index in [-0.39, 0.29) is 0 Å². The number of carbonyl (C=O) groups is 1. The molecule has 1 rings (SSSR count). The Kier molecular flexibility index (Phi) is 3.99. The van der Waals surface area contributed by atoms with Crippen molar-refractivity contribution in [3.8, 4) is 11.5 Å². The standard InChI is InChI=1S/C13H18O4/c1-5-17-10-8-6-7-9(11(10)16-4)13(2,3)12(14)15/h6-8H,5H2,1-4H3,(H,14,15). The van der Waals surface area contributed by atoms with Gasteiger partial charge in [-0.2, -0.15) is 0 Å². The smallest absolute Gasteiger partial charge is 0.313 e. The fourth-order valence-electron chi connectivity index (χ4n) is 1.60. The predicted octanol–water partition coefficient (Wildman–Crippen LogP) is 2.46. The Bertz CT molecular complexity index is 410. The first-order valence-corrected chi connectivity index (χ1v) is 5.48. The molecule has 0 spiro atoms. The van der Waals surface area contributed by atoms with Gasteiger partial charge >= 0.3 is 5.97 Å². The third-order valence-electron chi connectivity index (χ3n) is 2.69. The Morgan fingerprint density at radius 2 is 2.06 bits per heavy atom. The zero-order valence-corrected chi connectivity index (χ0v) is 10.6. The van der Waals surface area contributed by atoms with Gasteiger partial charge in [-0.05, 0) is 26.8 Å². The summed E-state index contributed by atoms with van der Waals surface area (Å²) in [6.07, 6.45) is 0. The average molecular weight is 238 g/mol. The molecule has 0 aliphatic heterocycles. The van der Waals surface area contributed by atoms with Gasteiger partial charge in [-0.15, -0.1) is 0 Å². The Hall–Kier alpha value is -1.71. The molecular weight excluding hydrogens is 220 g/mol. The molecule has 0 amide bonds. The predicted molar refractivity (Wildman–Crippen MR) is 64.8 cm³/mol. The highest BCUT2D eigenvalue weighted by atomic mass is 16.5. The number of rotatable bonds is 5. The van der Waals surface area contributed by atoms with Crippen LogP contribution in [0.2, 0.25) is 0 Å². The molecule has 0 atom stereocenters. The molecule has 1 aromatic rings. The number of hydrogen-bond donors (Lipinski definition) is 1. The molecule has 4 heteroatoms. The van der Waals surface area contributed by atoms with Gasteiger partial charge in [0, 0.05) is 5.56 Å². The van der Waals surface area contributed by atoms with E-state index < -0.39 is 11.4 Å². The van der Waals surface area contributed by atoms with Crippen molar-refractivity contribution in [1.82, 2.24) is 0 Å². The van der Waals surface area contributed by atoms with Crippen LogP contribution in [0, 0.1) is 0 Å². The highest BCUT2D eigenvalue weighted by Crippen LogP contribution is 2.38. The van der Waals surface area contributed by atoms with Crippen LogP contribution < -0.4 is 9.47 Å². The van der Waals surface area contributed by atoms with Crippen molar-refractivity contribution < 1.29 is 19.4 Å². The normalized spacial score (nSPS) is 11.1. The molecule has 0 aliphatic carbocycles. The number of hydrogen-bond acceptors (Lipinski definition) is 3. The second-order valence-corrected chi connectivity index (χ2v) is 4.20. The topological polar surface area (TPSA) is 55.8 Å². The van der Waals surface area contributed by atoms with Gasteiger partial charge in [0.25, 0.3) is 0 Å². The summed E-state index contributed by atoms with van der Waals surface area (Å²) in [5, 5.41) is 9.24. The van der Waals surface area contributed by atoms with Crippen molar-refractivity contribution in [3.05, 3.63) is 23.8 Å². The lowest BCUT2D eigenvalue weighted by Gasteiger charge is -2.23. The maximum atomic E-state index is 11.3. The van der Waals surface area contributed by atoms with E-state index >= 15 is 0 Å². The minimum atomic E-state index is -1.02. The second kappa shape index (κ2) is 5.08. The minimum absolute atomic E-state index is 0.488. The minimum Gasteiger partial charge on any atom is -0.493 e. The zero-order chi connectivity index (χ0) is 13.1. The molecule has 0 heterocycles. The van der Waals surface area contributed by atoms with E-state index in [0.29, 0.717) is 23.7 Å². The highest BCUT2D eigenvalue weighted by molar-refractivity contribution is 5.82. The maximum absolute atomic E-state index is 11.3. The van der Waals surface area contributed by atoms with E-state index in [4.69, 9.17) is 9.47 Å². The number of carboxylic acid groups (broad SMARTS) is 1. The first kappa shape index (κ1) is 13.4. The largest absolute Gasteiger partial charge is 0.493 e. The van der Waals surface area contributed by atoms with Crippen molar-refractivity contribution in [2.24, 2.45) is 0 Å². The monoisotopic (exact) mass is 238 g/mol. The second-order valence-electron chi connectivity index (χ2n) is 4.20. The Morgan fingerprint density at radius 1 is 1.41 bits per heavy atom. The third-order valence-corrected chi connectivity index (χ3v) is 2.69. The fourth-order valence-corrected chi connectivity index (χ4v) is 1.60. The molecule has 0 bridgehead atoms. The Morgan fingerprint density at radius 3 is 2.53 bits per heavy atom. The van der Waals surface area contributed by atoms with Crippen LogP contribution in [0.3, 0.4) is 0 Å². The number of aliphatic carboxylic acids is 1. The molecule has 0 saturated heterocycles. The van der Waals surface area contributed by atoms with E-state index in [9.17, 15) is 9.90 Å². The van der Waals surface area contributed by atoms with Crippen LogP contribution in [0.25, 0.3) is 0 Å². The Balaban J connectivity index is 3.33. The molecule has 0 saturated carbocycles. The van der Waals surface area contributed by atoms with Gasteiger partial charge in [0.15, 0.2) is 11.5 Å². The van der Waals surface area contributed by atoms with Crippen LogP contribution in [-0.4, -0.2) is 24.8 Å². The number of ether oxygens (including phenoxy) is 2. The molecule has 0 radical (unpaired) electrons. The number of methoxy groups -OCH3 is 1. The number of benzene rings is 1. The molecule has 17 heavy (non-hydrogen) atoms. The number of para-hydroxylation sites is 1. The van der Waals surface area contributed by atoms with E-state index in [0.717, 1.165) is 0 Å². The van der Waals surface area contributed by atoms with Gasteiger partial charge in [0.1, 0.15) is 0 Å². The summed E-state index contributed by atoms with van der Waals surface area (Å²) in [6.45, 7) is 5.66. The van der Waals surface area contributed by atoms with Gasteiger partial charge in [0.2, 0.25) is 0 Å². The molecule has 4 nitrogen and oxygen atoms in total. The number of carboxylic acids is 1. The molecule has 0 unspecified atom stereocenters. The molecule has 0 aliphatic rings. The van der Waals surface area contributed by atoms with Gasteiger partial charge in [-0.3, -0.25) is 4.79 Å². The molecule has 0 aromatic heterocycles. The quantitative estimate of drug-likeness (QED) is 0.856. The van der Waals surface area contributed by atoms with Crippen molar-refractivity contribution in [1.29, 1.82) is 0 Å². The van der Waals surface area contributed by atoms with Crippen molar-refractivity contribution in [2.75, 3.05) is 13.7 Å². The van der Waals surface area contributed by atoms with Crippen molar-refractivity contribution >= 4 is 5.97 Å². The van der Waals surface area contributed by atoms with Crippen LogP contribution in [-0.2, 0) is 10.2 Å². The summed E-state index contributed by atoms with van der Waals surface area (Å²) in [6, 6.07) is 5.28. The first-order chi connectivity index (χ1) is 7.95. The van der Waals surface area contributed by atoms with Crippen LogP contribution in [0.15, 0.2) is 18.2 Å². The molecule has 94 valence electrons. The summed E-state index contributed by atoms with van der Waals surface area (Å²) in [4.78, 5) is 11.3. The molecule has 0 fully saturated rings. The van der Waals surface area contributed by atoms with Crippen LogP contribution in [0.5, 0.6) is 11.5 Å². The lowest BCUT2D eigenvalue weighted by Crippen LogP contribution is -2.29. The van der Waals surface area contributed by atoms with Gasteiger partial charge in [-0.25, -0.2) is 0 Å². The van der Waals surface area contributed by atoms with E-state index in [1.807, 2.05) is 6.92 Å². The maximum Gasteiger partial charge on any atom is 0.313 e. The van der Waals surface area contributed by atoms with Crippen LogP contribution >= 0.6 is 0 Å². The summed E-state index contributed by atoms with van der Waals surface area (Å²) >= 11 is 0. The highest BCUT2D eigenvalue weighted by Gasteiger charge is 2.33. The summed E-state index contributed by atoms with van der Waals surface area (Å²) in [7, 11) is 1.51. The van der Waals surface area contributed by atoms with Crippen LogP contribution in [0.1, 0.15) is 26.3 Å².